The molecule has 1 nitrogen and oxygen atoms in total. The molecule has 1 rings (SSSR count). The maximum atomic E-state index is 13.0. The first kappa shape index (κ1) is 7.79. The van der Waals surface area contributed by atoms with Gasteiger partial charge in [0.25, 0.3) is 0 Å². The summed E-state index contributed by atoms with van der Waals surface area (Å²) in [6.45, 7) is 3.35. The van der Waals surface area contributed by atoms with Crippen molar-refractivity contribution in [2.24, 2.45) is 0 Å². The van der Waals surface area contributed by atoms with Gasteiger partial charge in [-0.15, -0.1) is 0 Å². The molecular weight excluding hydrogens is 143 g/mol. The van der Waals surface area contributed by atoms with E-state index in [1.54, 1.807) is 18.2 Å². The lowest BCUT2D eigenvalue weighted by molar-refractivity contribution is 0.385. The normalized spacial score (nSPS) is 9.27. The number of rotatable bonds is 2. The second-order valence-corrected chi connectivity index (χ2v) is 2.00. The summed E-state index contributed by atoms with van der Waals surface area (Å²) in [7, 11) is 1.42. The summed E-state index contributed by atoms with van der Waals surface area (Å²) in [6, 6.07) is 4.83. The number of methoxy groups -OCH3 is 1. The van der Waals surface area contributed by atoms with Crippen LogP contribution in [0.25, 0.3) is 0 Å². The van der Waals surface area contributed by atoms with Crippen LogP contribution in [0, 0.1) is 11.9 Å². The average Bonchev–Trinajstić information content (AvgIpc) is 2.05. The summed E-state index contributed by atoms with van der Waals surface area (Å²) in [5, 5.41) is 0. The number of hydrogen-bond acceptors (Lipinski definition) is 1. The molecule has 0 saturated heterocycles. The van der Waals surface area contributed by atoms with Crippen LogP contribution >= 0.6 is 0 Å². The second-order valence-electron chi connectivity index (χ2n) is 2.00. The van der Waals surface area contributed by atoms with E-state index in [2.05, 4.69) is 12.7 Å². The molecule has 0 bridgehead atoms. The van der Waals surface area contributed by atoms with Crippen LogP contribution in [-0.2, 0) is 0 Å². The van der Waals surface area contributed by atoms with Crippen molar-refractivity contribution in [1.82, 2.24) is 0 Å². The van der Waals surface area contributed by atoms with Gasteiger partial charge in [-0.05, 0) is 12.1 Å². The van der Waals surface area contributed by atoms with Crippen LogP contribution in [0.4, 0.5) is 4.39 Å². The Hall–Kier alpha value is -1.31. The fourth-order valence-electron chi connectivity index (χ4n) is 0.805. The Balaban J connectivity index is 3.20. The maximum Gasteiger partial charge on any atom is 0.172 e. The predicted octanol–water partition coefficient (Wildman–Crippen LogP) is 2.17. The molecule has 0 fully saturated rings. The molecule has 0 aliphatic carbocycles. The summed E-state index contributed by atoms with van der Waals surface area (Å²) in [5.41, 5.74) is 0.337. The van der Waals surface area contributed by atoms with Crippen LogP contribution in [-0.4, -0.2) is 7.11 Å². The van der Waals surface area contributed by atoms with Crippen molar-refractivity contribution in [2.45, 2.75) is 0 Å². The molecule has 0 aromatic heterocycles. The highest BCUT2D eigenvalue weighted by Crippen LogP contribution is 2.19. The second kappa shape index (κ2) is 3.19. The van der Waals surface area contributed by atoms with Crippen LogP contribution in [0.15, 0.2) is 24.8 Å². The van der Waals surface area contributed by atoms with Gasteiger partial charge in [0.2, 0.25) is 0 Å². The lowest BCUT2D eigenvalue weighted by Gasteiger charge is -2.02. The standard InChI is InChI=1S/C9H8FO/c1-3-7-5-4-6-8(11-2)9(7)10/h4-6H,1H2,2H3. The quantitative estimate of drug-likeness (QED) is 0.629. The van der Waals surface area contributed by atoms with Crippen molar-refractivity contribution >= 4 is 0 Å². The molecule has 0 unspecified atom stereocenters. The zero-order valence-corrected chi connectivity index (χ0v) is 6.23. The molecular formula is C9H8FO. The first-order valence-electron chi connectivity index (χ1n) is 3.15. The van der Waals surface area contributed by atoms with Crippen LogP contribution in [0.1, 0.15) is 5.56 Å². The van der Waals surface area contributed by atoms with Crippen molar-refractivity contribution in [2.75, 3.05) is 7.11 Å². The van der Waals surface area contributed by atoms with Gasteiger partial charge < -0.3 is 4.74 Å². The smallest absolute Gasteiger partial charge is 0.172 e. The number of benzene rings is 1. The van der Waals surface area contributed by atoms with Gasteiger partial charge >= 0.3 is 0 Å². The van der Waals surface area contributed by atoms with Crippen molar-refractivity contribution in [1.29, 1.82) is 0 Å². The van der Waals surface area contributed by atoms with E-state index in [0.29, 0.717) is 5.56 Å². The largest absolute Gasteiger partial charge is 0.494 e. The molecule has 0 N–H and O–H groups in total. The maximum absolute atomic E-state index is 13.0. The zero-order chi connectivity index (χ0) is 8.27. The Labute approximate surface area is 65.1 Å². The Morgan fingerprint density at radius 3 is 2.82 bits per heavy atom. The number of ether oxygens (including phenoxy) is 1. The van der Waals surface area contributed by atoms with Gasteiger partial charge in [-0.1, -0.05) is 18.7 Å². The van der Waals surface area contributed by atoms with Crippen molar-refractivity contribution in [3.63, 3.8) is 0 Å². The Morgan fingerprint density at radius 2 is 2.27 bits per heavy atom. The summed E-state index contributed by atoms with van der Waals surface area (Å²) in [6.07, 6.45) is 2.46. The van der Waals surface area contributed by atoms with Crippen molar-refractivity contribution in [3.8, 4) is 5.75 Å². The minimum absolute atomic E-state index is 0.221. The van der Waals surface area contributed by atoms with Crippen molar-refractivity contribution < 1.29 is 9.13 Å². The van der Waals surface area contributed by atoms with Crippen LogP contribution in [0.5, 0.6) is 5.75 Å². The third-order valence-electron chi connectivity index (χ3n) is 1.37. The molecule has 57 valence electrons. The predicted molar refractivity (Wildman–Crippen MR) is 40.9 cm³/mol. The summed E-state index contributed by atoms with van der Waals surface area (Å²) >= 11 is 0. The van der Waals surface area contributed by atoms with Gasteiger partial charge in [0.15, 0.2) is 11.6 Å². The SMILES string of the molecule is C=[C]c1cccc(OC)c1F. The molecule has 11 heavy (non-hydrogen) atoms. The highest BCUT2D eigenvalue weighted by Gasteiger charge is 2.03. The molecule has 0 heterocycles. The highest BCUT2D eigenvalue weighted by molar-refractivity contribution is 5.33. The average molecular weight is 151 g/mol. The van der Waals surface area contributed by atoms with E-state index in [9.17, 15) is 4.39 Å². The zero-order valence-electron chi connectivity index (χ0n) is 6.23. The van der Waals surface area contributed by atoms with E-state index in [1.807, 2.05) is 0 Å². The van der Waals surface area contributed by atoms with Crippen LogP contribution < -0.4 is 4.74 Å². The molecule has 0 saturated carbocycles. The highest BCUT2D eigenvalue weighted by atomic mass is 19.1. The topological polar surface area (TPSA) is 9.23 Å². The van der Waals surface area contributed by atoms with Gasteiger partial charge in [-0.2, -0.15) is 0 Å². The van der Waals surface area contributed by atoms with E-state index in [0.717, 1.165) is 0 Å². The molecule has 1 radical (unpaired) electrons. The molecule has 1 aromatic carbocycles. The van der Waals surface area contributed by atoms with Gasteiger partial charge in [0.1, 0.15) is 0 Å². The van der Waals surface area contributed by atoms with Gasteiger partial charge in [-0.3, -0.25) is 0 Å². The Bertz CT molecular complexity index is 268. The lowest BCUT2D eigenvalue weighted by Crippen LogP contribution is -1.90. The van der Waals surface area contributed by atoms with Gasteiger partial charge in [-0.25, -0.2) is 4.39 Å². The van der Waals surface area contributed by atoms with Crippen LogP contribution in [0.3, 0.4) is 0 Å². The minimum Gasteiger partial charge on any atom is -0.494 e. The fourth-order valence-corrected chi connectivity index (χ4v) is 0.805. The van der Waals surface area contributed by atoms with E-state index in [1.165, 1.54) is 7.11 Å². The molecule has 0 aliphatic heterocycles. The van der Waals surface area contributed by atoms with Gasteiger partial charge in [0, 0.05) is 5.56 Å². The molecule has 2 heteroatoms. The minimum atomic E-state index is -0.412. The van der Waals surface area contributed by atoms with E-state index in [4.69, 9.17) is 4.74 Å². The van der Waals surface area contributed by atoms with Gasteiger partial charge in [0.05, 0.1) is 7.11 Å². The molecule has 0 atom stereocenters. The molecule has 0 spiro atoms. The van der Waals surface area contributed by atoms with E-state index < -0.39 is 5.82 Å². The summed E-state index contributed by atoms with van der Waals surface area (Å²) < 4.78 is 17.8. The van der Waals surface area contributed by atoms with Crippen LogP contribution in [0.2, 0.25) is 0 Å². The third kappa shape index (κ3) is 1.40. The summed E-state index contributed by atoms with van der Waals surface area (Å²) in [5.74, 6) is -0.191. The molecule has 0 amide bonds. The summed E-state index contributed by atoms with van der Waals surface area (Å²) in [4.78, 5) is 0. The molecule has 0 aliphatic rings. The van der Waals surface area contributed by atoms with E-state index >= 15 is 0 Å². The fraction of sp³-hybridized carbons (Fsp3) is 0.111. The Morgan fingerprint density at radius 1 is 1.55 bits per heavy atom. The Kier molecular flexibility index (Phi) is 2.26. The monoisotopic (exact) mass is 151 g/mol. The van der Waals surface area contributed by atoms with E-state index in [-0.39, 0.29) is 5.75 Å². The van der Waals surface area contributed by atoms with Crippen molar-refractivity contribution in [3.05, 3.63) is 42.2 Å². The third-order valence-corrected chi connectivity index (χ3v) is 1.37. The first-order valence-corrected chi connectivity index (χ1v) is 3.15. The molecule has 1 aromatic rings. The number of hydrogen-bond donors (Lipinski definition) is 0. The lowest BCUT2D eigenvalue weighted by atomic mass is 10.2. The first-order chi connectivity index (χ1) is 5.29. The number of halogens is 1.